The standard InChI is InChI=1S/C8H17NO2/c1-3-4-5-7(2)9-6-8(10)11/h7,9H,3-6H2,1-2H3,(H,10,11). The van der Waals surface area contributed by atoms with E-state index < -0.39 is 5.97 Å². The fraction of sp³-hybridized carbons (Fsp3) is 0.875. The van der Waals surface area contributed by atoms with Gasteiger partial charge < -0.3 is 10.4 Å². The first kappa shape index (κ1) is 10.4. The van der Waals surface area contributed by atoms with Crippen LogP contribution in [0.15, 0.2) is 0 Å². The molecule has 0 aromatic carbocycles. The highest BCUT2D eigenvalue weighted by atomic mass is 16.4. The van der Waals surface area contributed by atoms with Crippen LogP contribution in [0.3, 0.4) is 0 Å². The molecule has 0 aliphatic carbocycles. The van der Waals surface area contributed by atoms with Crippen LogP contribution in [0.25, 0.3) is 0 Å². The summed E-state index contributed by atoms with van der Waals surface area (Å²) in [5, 5.41) is 11.2. The first-order chi connectivity index (χ1) is 5.16. The molecule has 11 heavy (non-hydrogen) atoms. The second kappa shape index (κ2) is 6.16. The fourth-order valence-corrected chi connectivity index (χ4v) is 0.874. The minimum atomic E-state index is -0.784. The third kappa shape index (κ3) is 7.33. The Morgan fingerprint density at radius 3 is 2.73 bits per heavy atom. The Labute approximate surface area is 67.8 Å². The number of unbranched alkanes of at least 4 members (excludes halogenated alkanes) is 1. The van der Waals surface area contributed by atoms with Crippen molar-refractivity contribution >= 4 is 5.97 Å². The van der Waals surface area contributed by atoms with Crippen molar-refractivity contribution in [3.63, 3.8) is 0 Å². The van der Waals surface area contributed by atoms with Crippen molar-refractivity contribution in [2.45, 2.75) is 39.2 Å². The van der Waals surface area contributed by atoms with Gasteiger partial charge in [0.15, 0.2) is 0 Å². The van der Waals surface area contributed by atoms with Crippen molar-refractivity contribution in [1.82, 2.24) is 5.32 Å². The van der Waals surface area contributed by atoms with E-state index in [-0.39, 0.29) is 6.54 Å². The van der Waals surface area contributed by atoms with Gasteiger partial charge in [0.2, 0.25) is 0 Å². The second-order valence-corrected chi connectivity index (χ2v) is 2.82. The van der Waals surface area contributed by atoms with Gasteiger partial charge >= 0.3 is 5.97 Å². The lowest BCUT2D eigenvalue weighted by atomic mass is 10.1. The van der Waals surface area contributed by atoms with Gasteiger partial charge in [-0.25, -0.2) is 0 Å². The summed E-state index contributed by atoms with van der Waals surface area (Å²) in [4.78, 5) is 10.1. The van der Waals surface area contributed by atoms with Gasteiger partial charge in [0.1, 0.15) is 0 Å². The average molecular weight is 159 g/mol. The normalized spacial score (nSPS) is 12.9. The molecule has 0 aromatic rings. The summed E-state index contributed by atoms with van der Waals surface area (Å²) in [6.07, 6.45) is 3.39. The second-order valence-electron chi connectivity index (χ2n) is 2.82. The van der Waals surface area contributed by atoms with Crippen LogP contribution < -0.4 is 5.32 Å². The molecule has 0 bridgehead atoms. The summed E-state index contributed by atoms with van der Waals surface area (Å²) in [6, 6.07) is 0.325. The van der Waals surface area contributed by atoms with E-state index >= 15 is 0 Å². The topological polar surface area (TPSA) is 49.3 Å². The van der Waals surface area contributed by atoms with Gasteiger partial charge in [-0.15, -0.1) is 0 Å². The number of nitrogens with one attached hydrogen (secondary N) is 1. The number of rotatable bonds is 6. The molecule has 0 saturated carbocycles. The zero-order chi connectivity index (χ0) is 8.69. The zero-order valence-corrected chi connectivity index (χ0v) is 7.26. The van der Waals surface area contributed by atoms with Crippen molar-refractivity contribution in [2.75, 3.05) is 6.54 Å². The Hall–Kier alpha value is -0.570. The summed E-state index contributed by atoms with van der Waals surface area (Å²) < 4.78 is 0. The molecule has 66 valence electrons. The number of carboxylic acid groups (broad SMARTS) is 1. The number of aliphatic carboxylic acids is 1. The SMILES string of the molecule is CCCCC(C)NCC(=O)O. The van der Waals surface area contributed by atoms with Gasteiger partial charge in [0.05, 0.1) is 6.54 Å². The molecule has 0 saturated heterocycles. The first-order valence-electron chi connectivity index (χ1n) is 4.12. The minimum Gasteiger partial charge on any atom is -0.480 e. The third-order valence-electron chi connectivity index (χ3n) is 1.59. The first-order valence-corrected chi connectivity index (χ1v) is 4.12. The predicted octanol–water partition coefficient (Wildman–Crippen LogP) is 1.24. The Morgan fingerprint density at radius 2 is 2.27 bits per heavy atom. The van der Waals surface area contributed by atoms with Crippen LogP contribution in [0.2, 0.25) is 0 Å². The van der Waals surface area contributed by atoms with Crippen LogP contribution in [0, 0.1) is 0 Å². The molecule has 0 aliphatic heterocycles. The summed E-state index contributed by atoms with van der Waals surface area (Å²) in [6.45, 7) is 4.22. The maximum atomic E-state index is 10.1. The Bertz CT molecular complexity index is 115. The van der Waals surface area contributed by atoms with Crippen LogP contribution in [0.5, 0.6) is 0 Å². The van der Waals surface area contributed by atoms with E-state index in [1.54, 1.807) is 0 Å². The molecule has 0 spiro atoms. The van der Waals surface area contributed by atoms with Crippen LogP contribution in [-0.2, 0) is 4.79 Å². The number of carbonyl (C=O) groups is 1. The molecule has 0 heterocycles. The molecular weight excluding hydrogens is 142 g/mol. The van der Waals surface area contributed by atoms with Crippen LogP contribution in [-0.4, -0.2) is 23.7 Å². The number of carboxylic acids is 1. The molecule has 0 amide bonds. The van der Waals surface area contributed by atoms with E-state index in [1.165, 1.54) is 6.42 Å². The van der Waals surface area contributed by atoms with Gasteiger partial charge in [-0.05, 0) is 13.3 Å². The lowest BCUT2D eigenvalue weighted by Crippen LogP contribution is -2.31. The molecule has 2 N–H and O–H groups in total. The van der Waals surface area contributed by atoms with E-state index in [0.29, 0.717) is 6.04 Å². The van der Waals surface area contributed by atoms with E-state index in [1.807, 2.05) is 6.92 Å². The van der Waals surface area contributed by atoms with Crippen molar-refractivity contribution in [2.24, 2.45) is 0 Å². The molecule has 0 fully saturated rings. The van der Waals surface area contributed by atoms with Gasteiger partial charge in [-0.3, -0.25) is 4.79 Å². The predicted molar refractivity (Wildman–Crippen MR) is 44.6 cm³/mol. The van der Waals surface area contributed by atoms with Crippen LogP contribution >= 0.6 is 0 Å². The molecule has 3 nitrogen and oxygen atoms in total. The van der Waals surface area contributed by atoms with E-state index in [4.69, 9.17) is 5.11 Å². The quantitative estimate of drug-likeness (QED) is 0.613. The largest absolute Gasteiger partial charge is 0.480 e. The molecule has 1 atom stereocenters. The average Bonchev–Trinajstić information content (AvgIpc) is 1.97. The maximum absolute atomic E-state index is 10.1. The molecule has 0 aromatic heterocycles. The highest BCUT2D eigenvalue weighted by molar-refractivity contribution is 5.69. The van der Waals surface area contributed by atoms with Crippen molar-refractivity contribution in [3.8, 4) is 0 Å². The van der Waals surface area contributed by atoms with Crippen molar-refractivity contribution in [1.29, 1.82) is 0 Å². The molecule has 3 heteroatoms. The number of hydrogen-bond donors (Lipinski definition) is 2. The van der Waals surface area contributed by atoms with E-state index in [9.17, 15) is 4.79 Å². The monoisotopic (exact) mass is 159 g/mol. The summed E-state index contributed by atoms with van der Waals surface area (Å²) >= 11 is 0. The van der Waals surface area contributed by atoms with Gasteiger partial charge in [0.25, 0.3) is 0 Å². The Morgan fingerprint density at radius 1 is 1.64 bits per heavy atom. The zero-order valence-electron chi connectivity index (χ0n) is 7.26. The van der Waals surface area contributed by atoms with E-state index in [0.717, 1.165) is 12.8 Å². The van der Waals surface area contributed by atoms with Crippen molar-refractivity contribution < 1.29 is 9.90 Å². The minimum absolute atomic E-state index is 0.0743. The van der Waals surface area contributed by atoms with Gasteiger partial charge in [-0.2, -0.15) is 0 Å². The van der Waals surface area contributed by atoms with Gasteiger partial charge in [0, 0.05) is 6.04 Å². The molecule has 0 rings (SSSR count). The maximum Gasteiger partial charge on any atom is 0.317 e. The Balaban J connectivity index is 3.22. The summed E-state index contributed by atoms with van der Waals surface area (Å²) in [7, 11) is 0. The lowest BCUT2D eigenvalue weighted by molar-refractivity contribution is -0.136. The highest BCUT2D eigenvalue weighted by Gasteiger charge is 2.01. The Kier molecular flexibility index (Phi) is 5.84. The third-order valence-corrected chi connectivity index (χ3v) is 1.59. The fourth-order valence-electron chi connectivity index (χ4n) is 0.874. The molecule has 0 aliphatic rings. The molecule has 0 radical (unpaired) electrons. The van der Waals surface area contributed by atoms with E-state index in [2.05, 4.69) is 12.2 Å². The lowest BCUT2D eigenvalue weighted by Gasteiger charge is -2.10. The highest BCUT2D eigenvalue weighted by Crippen LogP contribution is 1.98. The number of hydrogen-bond acceptors (Lipinski definition) is 2. The van der Waals surface area contributed by atoms with Crippen LogP contribution in [0.1, 0.15) is 33.1 Å². The van der Waals surface area contributed by atoms with Gasteiger partial charge in [-0.1, -0.05) is 19.8 Å². The molecule has 1 unspecified atom stereocenters. The summed E-state index contributed by atoms with van der Waals surface area (Å²) in [5.74, 6) is -0.784. The van der Waals surface area contributed by atoms with Crippen molar-refractivity contribution in [3.05, 3.63) is 0 Å². The smallest absolute Gasteiger partial charge is 0.317 e. The summed E-state index contributed by atoms with van der Waals surface area (Å²) in [5.41, 5.74) is 0. The van der Waals surface area contributed by atoms with Crippen LogP contribution in [0.4, 0.5) is 0 Å². The molecular formula is C8H17NO2.